The van der Waals surface area contributed by atoms with Crippen LogP contribution in [0.25, 0.3) is 72.2 Å². The lowest BCUT2D eigenvalue weighted by molar-refractivity contribution is -0.633. The van der Waals surface area contributed by atoms with Gasteiger partial charge in [0.05, 0.1) is 12.6 Å². The van der Waals surface area contributed by atoms with Gasteiger partial charge in [0.25, 0.3) is 5.82 Å². The van der Waals surface area contributed by atoms with Crippen molar-refractivity contribution < 1.29 is 13.1 Å². The van der Waals surface area contributed by atoms with Crippen LogP contribution in [0.1, 0.15) is 65.9 Å². The zero-order valence-electron chi connectivity index (χ0n) is 30.7. The molecule has 4 heteroatoms. The minimum absolute atomic E-state index is 0.215. The average molecular weight is 618 g/mol. The number of rotatable bonds is 5. The molecule has 0 N–H and O–H groups in total. The van der Waals surface area contributed by atoms with E-state index in [1.807, 2.05) is 43.3 Å². The zero-order chi connectivity index (χ0) is 35.1. The van der Waals surface area contributed by atoms with E-state index in [0.717, 1.165) is 44.6 Å². The van der Waals surface area contributed by atoms with E-state index in [2.05, 4.69) is 111 Å². The Labute approximate surface area is 280 Å². The predicted molar refractivity (Wildman–Crippen MR) is 196 cm³/mol. The normalized spacial score (nSPS) is 13.3. The van der Waals surface area contributed by atoms with Crippen molar-refractivity contribution >= 4 is 44.0 Å². The summed E-state index contributed by atoms with van der Waals surface area (Å²) in [6, 6.07) is 35.5. The van der Waals surface area contributed by atoms with Crippen LogP contribution in [0, 0.1) is 13.8 Å². The van der Waals surface area contributed by atoms with E-state index in [1.165, 1.54) is 22.3 Å². The van der Waals surface area contributed by atoms with Crippen LogP contribution in [0.4, 0.5) is 0 Å². The maximum Gasteiger partial charge on any atom is 0.299 e. The molecule has 0 radical (unpaired) electrons. The molecule has 232 valence electrons. The van der Waals surface area contributed by atoms with E-state index in [9.17, 15) is 0 Å². The molecule has 0 fully saturated rings. The Bertz CT molecular complexity index is 2580. The highest BCUT2D eigenvalue weighted by molar-refractivity contribution is 6.13. The first-order chi connectivity index (χ1) is 23.9. The topological polar surface area (TPSA) is 34.8 Å². The fourth-order valence-corrected chi connectivity index (χ4v) is 7.32. The second kappa shape index (κ2) is 10.9. The Morgan fingerprint density at radius 2 is 1.45 bits per heavy atom. The van der Waals surface area contributed by atoms with Gasteiger partial charge in [0.2, 0.25) is 5.71 Å². The summed E-state index contributed by atoms with van der Waals surface area (Å²) in [5, 5.41) is 2.22. The minimum Gasteiger partial charge on any atom is -0.437 e. The summed E-state index contributed by atoms with van der Waals surface area (Å²) in [5.41, 5.74) is 11.8. The summed E-state index contributed by atoms with van der Waals surface area (Å²) in [4.78, 5) is 4.90. The molecule has 3 heterocycles. The fraction of sp³-hybridized carbons (Fsp3) is 0.209. The molecule has 3 aromatic heterocycles. The maximum atomic E-state index is 8.61. The molecule has 47 heavy (non-hydrogen) atoms. The molecular formula is C43H40N3O+. The Morgan fingerprint density at radius 1 is 0.766 bits per heavy atom. The van der Waals surface area contributed by atoms with Gasteiger partial charge in [-0.1, -0.05) is 94.4 Å². The van der Waals surface area contributed by atoms with Gasteiger partial charge < -0.3 is 4.42 Å². The van der Waals surface area contributed by atoms with Gasteiger partial charge >= 0.3 is 0 Å². The number of nitrogens with zero attached hydrogens (tertiary/aromatic N) is 3. The van der Waals surface area contributed by atoms with Crippen molar-refractivity contribution in [2.75, 3.05) is 0 Å². The van der Waals surface area contributed by atoms with Gasteiger partial charge in [-0.05, 0) is 84.3 Å². The van der Waals surface area contributed by atoms with E-state index >= 15 is 0 Å². The van der Waals surface area contributed by atoms with Crippen LogP contribution in [-0.2, 0) is 7.05 Å². The summed E-state index contributed by atoms with van der Waals surface area (Å²) >= 11 is 0. The molecule has 8 aromatic rings. The number of imidazole rings is 1. The third-order valence-corrected chi connectivity index (χ3v) is 9.62. The van der Waals surface area contributed by atoms with E-state index in [4.69, 9.17) is 13.5 Å². The smallest absolute Gasteiger partial charge is 0.299 e. The number of aromatic nitrogens is 3. The SMILES string of the molecule is [2H]C([2H])([2H])c1cc(C)c(-c2n(-c3c(C(C)C)cc(-c4ccccc4)cc3C(C)C)c3ccccc3[n+]2C)c2oc3nc4ccccc4cc3c12. The van der Waals surface area contributed by atoms with Crippen molar-refractivity contribution in [3.05, 3.63) is 125 Å². The number of para-hydroxylation sites is 3. The van der Waals surface area contributed by atoms with Crippen LogP contribution in [-0.4, -0.2) is 9.55 Å². The van der Waals surface area contributed by atoms with Gasteiger partial charge in [-0.15, -0.1) is 0 Å². The molecule has 0 spiro atoms. The average Bonchev–Trinajstić information content (AvgIpc) is 3.60. The molecule has 4 nitrogen and oxygen atoms in total. The quantitative estimate of drug-likeness (QED) is 0.180. The molecule has 5 aromatic carbocycles. The number of aryl methyl sites for hydroxylation is 3. The van der Waals surface area contributed by atoms with Crippen LogP contribution >= 0.6 is 0 Å². The van der Waals surface area contributed by atoms with Gasteiger partial charge in [-0.2, -0.15) is 4.57 Å². The monoisotopic (exact) mass is 617 g/mol. The highest BCUT2D eigenvalue weighted by Gasteiger charge is 2.34. The Kier molecular flexibility index (Phi) is 6.04. The molecule has 0 aliphatic carbocycles. The van der Waals surface area contributed by atoms with Crippen LogP contribution in [0.3, 0.4) is 0 Å². The van der Waals surface area contributed by atoms with E-state index < -0.39 is 6.85 Å². The molecule has 8 rings (SSSR count). The summed E-state index contributed by atoms with van der Waals surface area (Å²) < 4.78 is 37.2. The number of pyridine rings is 1. The maximum absolute atomic E-state index is 8.61. The molecule has 0 aliphatic heterocycles. The molecule has 0 unspecified atom stereocenters. The first-order valence-electron chi connectivity index (χ1n) is 17.9. The number of hydrogen-bond donors (Lipinski definition) is 0. The number of hydrogen-bond acceptors (Lipinski definition) is 2. The van der Waals surface area contributed by atoms with E-state index in [0.29, 0.717) is 22.1 Å². The van der Waals surface area contributed by atoms with E-state index in [1.54, 1.807) is 0 Å². The van der Waals surface area contributed by atoms with Crippen molar-refractivity contribution in [1.29, 1.82) is 0 Å². The molecule has 0 atom stereocenters. The minimum atomic E-state index is -2.36. The first-order valence-corrected chi connectivity index (χ1v) is 16.4. The molecule has 0 aliphatic rings. The Balaban J connectivity index is 1.55. The summed E-state index contributed by atoms with van der Waals surface area (Å²) in [6.07, 6.45) is 0. The Hall–Kier alpha value is -5.22. The van der Waals surface area contributed by atoms with Gasteiger partial charge in [0.15, 0.2) is 16.6 Å². The Morgan fingerprint density at radius 3 is 2.17 bits per heavy atom. The molecular weight excluding hydrogens is 574 g/mol. The standard InChI is InChI=1S/C43H40N3O/c1-25(2)32-23-31(29-15-9-8-10-16-29)24-33(26(3)4)40(32)46-37-20-14-13-19-36(37)45(7)43(46)39-28(6)21-27(5)38-34-22-30-17-11-12-18-35(30)44-42(34)47-41(38)39/h8-26H,1-7H3/q+1/i5D3. The van der Waals surface area contributed by atoms with Crippen LogP contribution in [0.5, 0.6) is 0 Å². The number of benzene rings is 5. The third-order valence-electron chi connectivity index (χ3n) is 9.62. The van der Waals surface area contributed by atoms with E-state index in [-0.39, 0.29) is 17.4 Å². The van der Waals surface area contributed by atoms with Crippen molar-refractivity contribution in [2.45, 2.75) is 53.3 Å². The predicted octanol–water partition coefficient (Wildman–Crippen LogP) is 11.1. The second-order valence-corrected chi connectivity index (χ2v) is 13.3. The molecule has 0 saturated heterocycles. The summed E-state index contributed by atoms with van der Waals surface area (Å²) in [5.74, 6) is 1.35. The highest BCUT2D eigenvalue weighted by Crippen LogP contribution is 2.44. The lowest BCUT2D eigenvalue weighted by Crippen LogP contribution is -2.30. The molecule has 0 saturated carbocycles. The van der Waals surface area contributed by atoms with Gasteiger partial charge in [-0.3, -0.25) is 0 Å². The lowest BCUT2D eigenvalue weighted by Gasteiger charge is -2.21. The molecule has 0 bridgehead atoms. The van der Waals surface area contributed by atoms with Crippen molar-refractivity contribution in [3.8, 4) is 28.2 Å². The van der Waals surface area contributed by atoms with Crippen LogP contribution < -0.4 is 4.57 Å². The van der Waals surface area contributed by atoms with Crippen molar-refractivity contribution in [3.63, 3.8) is 0 Å². The number of fused-ring (bicyclic) bond motifs is 5. The third kappa shape index (κ3) is 4.50. The molecule has 0 amide bonds. The summed E-state index contributed by atoms with van der Waals surface area (Å²) in [6.45, 7) is 8.66. The lowest BCUT2D eigenvalue weighted by atomic mass is 9.88. The number of furan rings is 1. The second-order valence-electron chi connectivity index (χ2n) is 13.3. The first kappa shape index (κ1) is 25.9. The zero-order valence-corrected chi connectivity index (χ0v) is 27.7. The van der Waals surface area contributed by atoms with Gasteiger partial charge in [0, 0.05) is 31.4 Å². The summed E-state index contributed by atoms with van der Waals surface area (Å²) in [7, 11) is 2.09. The van der Waals surface area contributed by atoms with Crippen LogP contribution in [0.2, 0.25) is 0 Å². The highest BCUT2D eigenvalue weighted by atomic mass is 16.3. The van der Waals surface area contributed by atoms with Crippen LogP contribution in [0.15, 0.2) is 108 Å². The van der Waals surface area contributed by atoms with Crippen molar-refractivity contribution in [1.82, 2.24) is 9.55 Å². The van der Waals surface area contributed by atoms with Gasteiger partial charge in [-0.25, -0.2) is 9.55 Å². The largest absolute Gasteiger partial charge is 0.437 e. The van der Waals surface area contributed by atoms with Gasteiger partial charge in [0.1, 0.15) is 11.3 Å². The fourth-order valence-electron chi connectivity index (χ4n) is 7.32. The van der Waals surface area contributed by atoms with Crippen molar-refractivity contribution in [2.24, 2.45) is 7.05 Å².